The van der Waals surface area contributed by atoms with Gasteiger partial charge in [-0.25, -0.2) is 14.8 Å². The van der Waals surface area contributed by atoms with E-state index in [-0.39, 0.29) is 18.1 Å². The van der Waals surface area contributed by atoms with E-state index < -0.39 is 5.97 Å². The summed E-state index contributed by atoms with van der Waals surface area (Å²) in [7, 11) is 0. The first-order chi connectivity index (χ1) is 9.93. The van der Waals surface area contributed by atoms with Gasteiger partial charge in [0.2, 0.25) is 5.95 Å². The van der Waals surface area contributed by atoms with Crippen LogP contribution < -0.4 is 5.73 Å². The lowest BCUT2D eigenvalue weighted by molar-refractivity contribution is 0.0525. The molecule has 0 unspecified atom stereocenters. The minimum absolute atomic E-state index is 0.0570. The number of esters is 1. The zero-order chi connectivity index (χ0) is 15.6. The van der Waals surface area contributed by atoms with Crippen molar-refractivity contribution in [2.45, 2.75) is 13.8 Å². The summed E-state index contributed by atoms with van der Waals surface area (Å²) >= 11 is 12.1. The molecule has 1 aromatic heterocycles. The molecule has 5 nitrogen and oxygen atoms in total. The highest BCUT2D eigenvalue weighted by Crippen LogP contribution is 2.32. The summed E-state index contributed by atoms with van der Waals surface area (Å²) in [6.45, 7) is 3.63. The Labute approximate surface area is 132 Å². The predicted octanol–water partition coefficient (Wildman–Crippen LogP) is 3.52. The van der Waals surface area contributed by atoms with E-state index in [1.807, 2.05) is 0 Å². The van der Waals surface area contributed by atoms with Crippen molar-refractivity contribution < 1.29 is 9.53 Å². The topological polar surface area (TPSA) is 78.1 Å². The quantitative estimate of drug-likeness (QED) is 0.873. The van der Waals surface area contributed by atoms with Gasteiger partial charge in [0.05, 0.1) is 23.0 Å². The van der Waals surface area contributed by atoms with Crippen molar-refractivity contribution in [3.05, 3.63) is 39.5 Å². The Bertz CT molecular complexity index is 705. The molecule has 0 fully saturated rings. The normalized spacial score (nSPS) is 10.5. The van der Waals surface area contributed by atoms with Gasteiger partial charge in [-0.05, 0) is 32.0 Å². The smallest absolute Gasteiger partial charge is 0.342 e. The largest absolute Gasteiger partial charge is 0.462 e. The van der Waals surface area contributed by atoms with E-state index >= 15 is 0 Å². The third-order valence-corrected chi connectivity index (χ3v) is 3.32. The Morgan fingerprint density at radius 3 is 2.67 bits per heavy atom. The number of aryl methyl sites for hydroxylation is 1. The highest BCUT2D eigenvalue weighted by atomic mass is 35.5. The summed E-state index contributed by atoms with van der Waals surface area (Å²) in [4.78, 5) is 20.3. The van der Waals surface area contributed by atoms with E-state index in [2.05, 4.69) is 9.97 Å². The molecule has 0 radical (unpaired) electrons. The number of carbonyl (C=O) groups excluding carboxylic acids is 1. The van der Waals surface area contributed by atoms with E-state index in [0.29, 0.717) is 27.0 Å². The first-order valence-corrected chi connectivity index (χ1v) is 6.96. The average molecular weight is 326 g/mol. The molecule has 2 aromatic rings. The molecule has 0 amide bonds. The van der Waals surface area contributed by atoms with Gasteiger partial charge in [-0.3, -0.25) is 0 Å². The molecule has 0 saturated carbocycles. The standard InChI is InChI=1S/C14H13Cl2N3O2/c1-3-21-13(20)11-7(2)18-14(17)19-12(11)9-5-4-8(15)6-10(9)16/h4-6H,3H2,1-2H3,(H2,17,18,19). The lowest BCUT2D eigenvalue weighted by atomic mass is 10.0. The van der Waals surface area contributed by atoms with Crippen LogP contribution in [0.25, 0.3) is 11.3 Å². The number of benzene rings is 1. The molecule has 2 N–H and O–H groups in total. The van der Waals surface area contributed by atoms with Crippen molar-refractivity contribution in [1.82, 2.24) is 9.97 Å². The van der Waals surface area contributed by atoms with Gasteiger partial charge in [-0.2, -0.15) is 0 Å². The summed E-state index contributed by atoms with van der Waals surface area (Å²) in [5, 5.41) is 0.853. The molecular weight excluding hydrogens is 313 g/mol. The van der Waals surface area contributed by atoms with E-state index in [4.69, 9.17) is 33.7 Å². The fourth-order valence-corrected chi connectivity index (χ4v) is 2.42. The molecule has 0 bridgehead atoms. The SMILES string of the molecule is CCOC(=O)c1c(C)nc(N)nc1-c1ccc(Cl)cc1Cl. The highest BCUT2D eigenvalue weighted by molar-refractivity contribution is 6.36. The number of aromatic nitrogens is 2. The van der Waals surface area contributed by atoms with Crippen molar-refractivity contribution >= 4 is 35.1 Å². The average Bonchev–Trinajstić information content (AvgIpc) is 2.37. The van der Waals surface area contributed by atoms with Crippen LogP contribution in [0.2, 0.25) is 10.0 Å². The van der Waals surface area contributed by atoms with Gasteiger partial charge in [0.1, 0.15) is 5.56 Å². The third kappa shape index (κ3) is 3.25. The van der Waals surface area contributed by atoms with Crippen LogP contribution in [0.15, 0.2) is 18.2 Å². The zero-order valence-electron chi connectivity index (χ0n) is 11.5. The molecule has 0 aliphatic heterocycles. The molecule has 0 saturated heterocycles. The number of nitrogen functional groups attached to an aromatic ring is 1. The minimum Gasteiger partial charge on any atom is -0.462 e. The van der Waals surface area contributed by atoms with Crippen LogP contribution in [0.1, 0.15) is 23.0 Å². The number of hydrogen-bond acceptors (Lipinski definition) is 5. The van der Waals surface area contributed by atoms with Gasteiger partial charge in [0.15, 0.2) is 0 Å². The van der Waals surface area contributed by atoms with Crippen LogP contribution in [0.3, 0.4) is 0 Å². The molecule has 1 aromatic carbocycles. The van der Waals surface area contributed by atoms with Crippen LogP contribution in [0.5, 0.6) is 0 Å². The van der Waals surface area contributed by atoms with Crippen LogP contribution in [0, 0.1) is 6.92 Å². The number of nitrogens with two attached hydrogens (primary N) is 1. The lowest BCUT2D eigenvalue weighted by Crippen LogP contribution is -2.13. The molecular formula is C14H13Cl2N3O2. The van der Waals surface area contributed by atoms with E-state index in [1.165, 1.54) is 0 Å². The Kier molecular flexibility index (Phi) is 4.65. The van der Waals surface area contributed by atoms with Crippen LogP contribution >= 0.6 is 23.2 Å². The number of carbonyl (C=O) groups is 1. The van der Waals surface area contributed by atoms with E-state index in [1.54, 1.807) is 32.0 Å². The van der Waals surface area contributed by atoms with Crippen molar-refractivity contribution in [2.75, 3.05) is 12.3 Å². The van der Waals surface area contributed by atoms with E-state index in [9.17, 15) is 4.79 Å². The van der Waals surface area contributed by atoms with Crippen molar-refractivity contribution in [1.29, 1.82) is 0 Å². The first-order valence-electron chi connectivity index (χ1n) is 6.20. The summed E-state index contributed by atoms with van der Waals surface area (Å²) < 4.78 is 5.05. The lowest BCUT2D eigenvalue weighted by Gasteiger charge is -2.12. The Hall–Kier alpha value is -1.85. The highest BCUT2D eigenvalue weighted by Gasteiger charge is 2.22. The monoisotopic (exact) mass is 325 g/mol. The minimum atomic E-state index is -0.518. The van der Waals surface area contributed by atoms with Crippen molar-refractivity contribution in [3.63, 3.8) is 0 Å². The van der Waals surface area contributed by atoms with Crippen molar-refractivity contribution in [2.24, 2.45) is 0 Å². The number of anilines is 1. The third-order valence-electron chi connectivity index (χ3n) is 2.77. The molecule has 7 heteroatoms. The van der Waals surface area contributed by atoms with Gasteiger partial charge in [-0.15, -0.1) is 0 Å². The summed E-state index contributed by atoms with van der Waals surface area (Å²) in [6.07, 6.45) is 0. The maximum absolute atomic E-state index is 12.1. The number of nitrogens with zero attached hydrogens (tertiary/aromatic N) is 2. The number of ether oxygens (including phenoxy) is 1. The molecule has 2 rings (SSSR count). The fourth-order valence-electron chi connectivity index (χ4n) is 1.92. The van der Waals surface area contributed by atoms with Crippen LogP contribution in [-0.4, -0.2) is 22.5 Å². The molecule has 1 heterocycles. The molecule has 110 valence electrons. The fraction of sp³-hybridized carbons (Fsp3) is 0.214. The Balaban J connectivity index is 2.69. The maximum Gasteiger partial charge on any atom is 0.342 e. The molecule has 0 aliphatic rings. The molecule has 0 spiro atoms. The first kappa shape index (κ1) is 15.5. The second-order valence-electron chi connectivity index (χ2n) is 4.24. The van der Waals surface area contributed by atoms with Gasteiger partial charge >= 0.3 is 5.97 Å². The predicted molar refractivity (Wildman–Crippen MR) is 82.6 cm³/mol. The maximum atomic E-state index is 12.1. The second-order valence-corrected chi connectivity index (χ2v) is 5.08. The van der Waals surface area contributed by atoms with Crippen LogP contribution in [-0.2, 0) is 4.74 Å². The van der Waals surface area contributed by atoms with E-state index in [0.717, 1.165) is 0 Å². The summed E-state index contributed by atoms with van der Waals surface area (Å²) in [5.41, 5.74) is 7.23. The van der Waals surface area contributed by atoms with Gasteiger partial charge < -0.3 is 10.5 Å². The molecule has 0 atom stereocenters. The van der Waals surface area contributed by atoms with Crippen molar-refractivity contribution in [3.8, 4) is 11.3 Å². The Morgan fingerprint density at radius 1 is 1.33 bits per heavy atom. The molecule has 21 heavy (non-hydrogen) atoms. The number of hydrogen-bond donors (Lipinski definition) is 1. The Morgan fingerprint density at radius 2 is 2.05 bits per heavy atom. The zero-order valence-corrected chi connectivity index (χ0v) is 13.0. The van der Waals surface area contributed by atoms with Gasteiger partial charge in [-0.1, -0.05) is 23.2 Å². The number of rotatable bonds is 3. The summed E-state index contributed by atoms with van der Waals surface area (Å²) in [5.74, 6) is -0.461. The van der Waals surface area contributed by atoms with Gasteiger partial charge in [0.25, 0.3) is 0 Å². The second kappa shape index (κ2) is 6.28. The molecule has 0 aliphatic carbocycles. The van der Waals surface area contributed by atoms with Crippen LogP contribution in [0.4, 0.5) is 5.95 Å². The number of halogens is 2. The summed E-state index contributed by atoms with van der Waals surface area (Å²) in [6, 6.07) is 4.90. The van der Waals surface area contributed by atoms with Gasteiger partial charge in [0, 0.05) is 10.6 Å².